The number of nitrogens with zero attached hydrogens (tertiary/aromatic N) is 2. The number of hydrogen-bond donors (Lipinski definition) is 2. The van der Waals surface area contributed by atoms with Crippen LogP contribution in [0.25, 0.3) is 0 Å². The van der Waals surface area contributed by atoms with Crippen LogP contribution in [-0.4, -0.2) is 59.1 Å². The van der Waals surface area contributed by atoms with E-state index in [-0.39, 0.29) is 41.6 Å². The van der Waals surface area contributed by atoms with E-state index in [1.54, 1.807) is 17.0 Å². The van der Waals surface area contributed by atoms with Crippen LogP contribution in [0.2, 0.25) is 10.0 Å². The molecule has 3 aromatic carbocycles. The topological polar surface area (TPSA) is 64.0 Å². The molecule has 1 amide bonds. The SMILES string of the molecule is CN(CC(CCN1CCC(c2cc(O)ccc2O)CC1)c1ccc(Cl)c(Cl)c1)C(=O)c1ccccc1.Cl. The average Bonchev–Trinajstić information content (AvgIpc) is 2.90. The van der Waals surface area contributed by atoms with E-state index in [4.69, 9.17) is 23.2 Å². The van der Waals surface area contributed by atoms with Crippen LogP contribution in [0.4, 0.5) is 0 Å². The Morgan fingerprint density at radius 3 is 2.38 bits per heavy atom. The van der Waals surface area contributed by atoms with Gasteiger partial charge in [0.25, 0.3) is 5.91 Å². The Bertz CT molecular complexity index is 1180. The molecule has 3 aromatic rings. The number of carbonyl (C=O) groups is 1. The van der Waals surface area contributed by atoms with Crippen molar-refractivity contribution in [2.75, 3.05) is 33.2 Å². The number of likely N-dealkylation sites (tertiary alicyclic amines) is 1. The molecule has 1 fully saturated rings. The molecule has 1 unspecified atom stereocenters. The van der Waals surface area contributed by atoms with Gasteiger partial charge in [-0.05, 0) is 92.8 Å². The number of rotatable bonds is 8. The van der Waals surface area contributed by atoms with Crippen LogP contribution in [0, 0.1) is 0 Å². The minimum atomic E-state index is -0.00704. The highest BCUT2D eigenvalue weighted by Crippen LogP contribution is 2.36. The summed E-state index contributed by atoms with van der Waals surface area (Å²) < 4.78 is 0. The molecule has 1 saturated heterocycles. The van der Waals surface area contributed by atoms with Gasteiger partial charge in [0, 0.05) is 30.6 Å². The lowest BCUT2D eigenvalue weighted by molar-refractivity contribution is 0.0781. The highest BCUT2D eigenvalue weighted by atomic mass is 35.5. The first-order valence-electron chi connectivity index (χ1n) is 12.3. The molecule has 2 N–H and O–H groups in total. The third-order valence-electron chi connectivity index (χ3n) is 7.11. The van der Waals surface area contributed by atoms with Crippen LogP contribution in [0.1, 0.15) is 52.6 Å². The Morgan fingerprint density at radius 2 is 1.70 bits per heavy atom. The maximum atomic E-state index is 13.0. The monoisotopic (exact) mass is 562 g/mol. The molecule has 0 saturated carbocycles. The number of amides is 1. The summed E-state index contributed by atoms with van der Waals surface area (Å²) in [6.07, 6.45) is 2.70. The zero-order valence-corrected chi connectivity index (χ0v) is 23.1. The summed E-state index contributed by atoms with van der Waals surface area (Å²) in [5, 5.41) is 21.1. The fourth-order valence-electron chi connectivity index (χ4n) is 5.02. The first-order valence-corrected chi connectivity index (χ1v) is 13.1. The maximum Gasteiger partial charge on any atom is 0.253 e. The van der Waals surface area contributed by atoms with Gasteiger partial charge >= 0.3 is 0 Å². The number of carbonyl (C=O) groups excluding carboxylic acids is 1. The van der Waals surface area contributed by atoms with Crippen LogP contribution in [-0.2, 0) is 0 Å². The molecular formula is C29H33Cl3N2O3. The molecule has 37 heavy (non-hydrogen) atoms. The van der Waals surface area contributed by atoms with Crippen molar-refractivity contribution in [3.05, 3.63) is 93.5 Å². The Labute approximate surface area is 235 Å². The Hall–Kier alpha value is -2.44. The average molecular weight is 564 g/mol. The molecule has 0 aromatic heterocycles. The predicted octanol–water partition coefficient (Wildman–Crippen LogP) is 6.95. The third kappa shape index (κ3) is 7.55. The van der Waals surface area contributed by atoms with Gasteiger partial charge in [0.15, 0.2) is 0 Å². The van der Waals surface area contributed by atoms with Crippen LogP contribution >= 0.6 is 35.6 Å². The Kier molecular flexibility index (Phi) is 10.5. The van der Waals surface area contributed by atoms with E-state index in [2.05, 4.69) is 4.90 Å². The van der Waals surface area contributed by atoms with Crippen molar-refractivity contribution in [2.45, 2.75) is 31.1 Å². The Balaban J connectivity index is 0.00000380. The van der Waals surface area contributed by atoms with Gasteiger partial charge in [0.05, 0.1) is 10.0 Å². The molecule has 1 aliphatic heterocycles. The molecule has 1 atom stereocenters. The lowest BCUT2D eigenvalue weighted by Crippen LogP contribution is -2.36. The maximum absolute atomic E-state index is 13.0. The van der Waals surface area contributed by atoms with E-state index in [9.17, 15) is 15.0 Å². The normalized spacial score (nSPS) is 15.1. The summed E-state index contributed by atoms with van der Waals surface area (Å²) in [4.78, 5) is 17.2. The summed E-state index contributed by atoms with van der Waals surface area (Å²) in [5.74, 6) is 0.757. The lowest BCUT2D eigenvalue weighted by atomic mass is 9.88. The van der Waals surface area contributed by atoms with Gasteiger partial charge < -0.3 is 20.0 Å². The standard InChI is InChI=1S/C29H32Cl2N2O3.ClH/c1-32(29(36)21-5-3-2-4-6-21)19-23(22-7-9-26(30)27(31)17-22)13-16-33-14-11-20(12-15-33)25-18-24(34)8-10-28(25)35;/h2-10,17-18,20,23,34-35H,11-16,19H2,1H3;1H. The molecule has 0 bridgehead atoms. The molecule has 0 aliphatic carbocycles. The first-order chi connectivity index (χ1) is 17.3. The van der Waals surface area contributed by atoms with Crippen molar-refractivity contribution >= 4 is 41.5 Å². The van der Waals surface area contributed by atoms with E-state index in [0.29, 0.717) is 22.2 Å². The van der Waals surface area contributed by atoms with Crippen molar-refractivity contribution in [2.24, 2.45) is 0 Å². The van der Waals surface area contributed by atoms with E-state index in [0.717, 1.165) is 50.0 Å². The van der Waals surface area contributed by atoms with Crippen LogP contribution in [0.3, 0.4) is 0 Å². The van der Waals surface area contributed by atoms with Crippen LogP contribution < -0.4 is 0 Å². The number of aromatic hydroxyl groups is 2. The van der Waals surface area contributed by atoms with Crippen LogP contribution in [0.15, 0.2) is 66.7 Å². The summed E-state index contributed by atoms with van der Waals surface area (Å²) in [7, 11) is 1.84. The Morgan fingerprint density at radius 1 is 1.00 bits per heavy atom. The second-order valence-electron chi connectivity index (χ2n) is 9.57. The summed E-state index contributed by atoms with van der Waals surface area (Å²) in [6, 6.07) is 19.8. The van der Waals surface area contributed by atoms with Crippen molar-refractivity contribution in [1.82, 2.24) is 9.80 Å². The fraction of sp³-hybridized carbons (Fsp3) is 0.345. The smallest absolute Gasteiger partial charge is 0.253 e. The molecular weight excluding hydrogens is 531 g/mol. The number of benzene rings is 3. The molecule has 1 heterocycles. The second-order valence-corrected chi connectivity index (χ2v) is 10.4. The molecule has 4 rings (SSSR count). The highest BCUT2D eigenvalue weighted by molar-refractivity contribution is 6.42. The largest absolute Gasteiger partial charge is 0.508 e. The summed E-state index contributed by atoms with van der Waals surface area (Å²) >= 11 is 12.5. The van der Waals surface area contributed by atoms with Gasteiger partial charge in [0.1, 0.15) is 11.5 Å². The zero-order chi connectivity index (χ0) is 25.7. The van der Waals surface area contributed by atoms with Gasteiger partial charge in [-0.25, -0.2) is 0 Å². The van der Waals surface area contributed by atoms with Crippen molar-refractivity contribution in [3.63, 3.8) is 0 Å². The van der Waals surface area contributed by atoms with Gasteiger partial charge in [-0.15, -0.1) is 12.4 Å². The molecule has 5 nitrogen and oxygen atoms in total. The molecule has 0 radical (unpaired) electrons. The van der Waals surface area contributed by atoms with Gasteiger partial charge in [-0.1, -0.05) is 47.5 Å². The first kappa shape index (κ1) is 29.1. The minimum absolute atomic E-state index is 0. The second kappa shape index (κ2) is 13.4. The third-order valence-corrected chi connectivity index (χ3v) is 7.85. The summed E-state index contributed by atoms with van der Waals surface area (Å²) in [5.41, 5.74) is 2.56. The van der Waals surface area contributed by atoms with E-state index in [1.165, 1.54) is 6.07 Å². The number of piperidine rings is 1. The predicted molar refractivity (Wildman–Crippen MR) is 153 cm³/mol. The quantitative estimate of drug-likeness (QED) is 0.291. The molecule has 198 valence electrons. The lowest BCUT2D eigenvalue weighted by Gasteiger charge is -2.34. The van der Waals surface area contributed by atoms with Gasteiger partial charge in [-0.2, -0.15) is 0 Å². The van der Waals surface area contributed by atoms with E-state index in [1.807, 2.05) is 55.6 Å². The number of phenols is 2. The number of phenolic OH excluding ortho intramolecular Hbond substituents is 2. The van der Waals surface area contributed by atoms with Gasteiger partial charge in [-0.3, -0.25) is 4.79 Å². The fourth-order valence-corrected chi connectivity index (χ4v) is 5.33. The van der Waals surface area contributed by atoms with Crippen molar-refractivity contribution in [3.8, 4) is 11.5 Å². The number of hydrogen-bond acceptors (Lipinski definition) is 4. The molecule has 1 aliphatic rings. The highest BCUT2D eigenvalue weighted by Gasteiger charge is 2.25. The molecule has 0 spiro atoms. The summed E-state index contributed by atoms with van der Waals surface area (Å²) in [6.45, 7) is 3.27. The van der Waals surface area contributed by atoms with E-state index >= 15 is 0 Å². The van der Waals surface area contributed by atoms with E-state index < -0.39 is 0 Å². The number of halogens is 3. The minimum Gasteiger partial charge on any atom is -0.508 e. The molecule has 8 heteroatoms. The van der Waals surface area contributed by atoms with Crippen LogP contribution in [0.5, 0.6) is 11.5 Å². The van der Waals surface area contributed by atoms with Crippen molar-refractivity contribution in [1.29, 1.82) is 0 Å². The zero-order valence-electron chi connectivity index (χ0n) is 20.8. The van der Waals surface area contributed by atoms with Gasteiger partial charge in [0.2, 0.25) is 0 Å². The van der Waals surface area contributed by atoms with Crippen molar-refractivity contribution < 1.29 is 15.0 Å². The number of likely N-dealkylation sites (N-methyl/N-ethyl adjacent to an activating group) is 1.